The van der Waals surface area contributed by atoms with Crippen molar-refractivity contribution < 1.29 is 9.53 Å². The first-order chi connectivity index (χ1) is 12.3. The molecule has 1 amide bonds. The number of nitrogens with one attached hydrogen (secondary N) is 1. The van der Waals surface area contributed by atoms with E-state index in [1.807, 2.05) is 36.7 Å². The SMILES string of the molecule is N#Cc1ccc(OCC(=O)NCCCn2cnc3ccccc32)cc1. The molecule has 0 fully saturated rings. The summed E-state index contributed by atoms with van der Waals surface area (Å²) in [5.41, 5.74) is 2.63. The van der Waals surface area contributed by atoms with Crippen LogP contribution in [-0.4, -0.2) is 28.6 Å². The predicted molar refractivity (Wildman–Crippen MR) is 94.0 cm³/mol. The predicted octanol–water partition coefficient (Wildman–Crippen LogP) is 2.49. The fourth-order valence-corrected chi connectivity index (χ4v) is 2.49. The molecular formula is C19H18N4O2. The number of para-hydroxylation sites is 2. The lowest BCUT2D eigenvalue weighted by Crippen LogP contribution is -2.30. The summed E-state index contributed by atoms with van der Waals surface area (Å²) >= 11 is 0. The van der Waals surface area contributed by atoms with Crippen LogP contribution in [0.5, 0.6) is 5.75 Å². The third-order valence-corrected chi connectivity index (χ3v) is 3.78. The molecule has 2 aromatic carbocycles. The topological polar surface area (TPSA) is 79.9 Å². The number of hydrogen-bond donors (Lipinski definition) is 1. The Balaban J connectivity index is 1.38. The van der Waals surface area contributed by atoms with E-state index in [9.17, 15) is 4.79 Å². The number of nitrogens with zero attached hydrogens (tertiary/aromatic N) is 3. The fourth-order valence-electron chi connectivity index (χ4n) is 2.49. The standard InChI is InChI=1S/C19H18N4O2/c20-12-15-6-8-16(9-7-15)25-13-19(24)21-10-3-11-23-14-22-17-4-1-2-5-18(17)23/h1-2,4-9,14H,3,10-11,13H2,(H,21,24). The minimum atomic E-state index is -0.167. The van der Waals surface area contributed by atoms with Crippen LogP contribution in [-0.2, 0) is 11.3 Å². The van der Waals surface area contributed by atoms with Crippen LogP contribution in [0.3, 0.4) is 0 Å². The van der Waals surface area contributed by atoms with E-state index in [-0.39, 0.29) is 12.5 Å². The highest BCUT2D eigenvalue weighted by molar-refractivity contribution is 5.77. The molecular weight excluding hydrogens is 316 g/mol. The molecule has 3 aromatic rings. The van der Waals surface area contributed by atoms with Gasteiger partial charge in [-0.3, -0.25) is 4.79 Å². The van der Waals surface area contributed by atoms with Crippen molar-refractivity contribution in [1.82, 2.24) is 14.9 Å². The number of aromatic nitrogens is 2. The van der Waals surface area contributed by atoms with E-state index < -0.39 is 0 Å². The van der Waals surface area contributed by atoms with Crippen LogP contribution in [0.15, 0.2) is 54.9 Å². The minimum absolute atomic E-state index is 0.0418. The highest BCUT2D eigenvalue weighted by Crippen LogP contribution is 2.12. The van der Waals surface area contributed by atoms with Gasteiger partial charge in [-0.2, -0.15) is 5.26 Å². The zero-order chi connectivity index (χ0) is 17.5. The van der Waals surface area contributed by atoms with Gasteiger partial charge in [0.1, 0.15) is 5.75 Å². The average molecular weight is 334 g/mol. The number of benzene rings is 2. The average Bonchev–Trinajstić information content (AvgIpc) is 3.07. The van der Waals surface area contributed by atoms with Gasteiger partial charge in [-0.1, -0.05) is 12.1 Å². The van der Waals surface area contributed by atoms with Gasteiger partial charge in [-0.15, -0.1) is 0 Å². The zero-order valence-electron chi connectivity index (χ0n) is 13.7. The molecule has 0 bridgehead atoms. The first-order valence-corrected chi connectivity index (χ1v) is 8.06. The molecule has 0 atom stereocenters. The molecule has 1 aromatic heterocycles. The number of nitriles is 1. The van der Waals surface area contributed by atoms with Crippen molar-refractivity contribution in [3.05, 3.63) is 60.4 Å². The van der Waals surface area contributed by atoms with E-state index in [1.54, 1.807) is 24.3 Å². The second-order valence-electron chi connectivity index (χ2n) is 5.56. The highest BCUT2D eigenvalue weighted by Gasteiger charge is 2.04. The number of carbonyl (C=O) groups excluding carboxylic acids is 1. The quantitative estimate of drug-likeness (QED) is 0.673. The number of ether oxygens (including phenoxy) is 1. The summed E-state index contributed by atoms with van der Waals surface area (Å²) < 4.78 is 7.47. The zero-order valence-corrected chi connectivity index (χ0v) is 13.7. The van der Waals surface area contributed by atoms with Crippen molar-refractivity contribution in [2.24, 2.45) is 0 Å². The summed E-state index contributed by atoms with van der Waals surface area (Å²) in [4.78, 5) is 16.1. The number of rotatable bonds is 7. The molecule has 0 aliphatic rings. The van der Waals surface area contributed by atoms with Crippen molar-refractivity contribution in [1.29, 1.82) is 5.26 Å². The number of fused-ring (bicyclic) bond motifs is 1. The van der Waals surface area contributed by atoms with Gasteiger partial charge in [0.15, 0.2) is 6.61 Å². The maximum absolute atomic E-state index is 11.8. The molecule has 0 saturated carbocycles. The summed E-state index contributed by atoms with van der Waals surface area (Å²) in [6.07, 6.45) is 2.63. The molecule has 0 spiro atoms. The largest absolute Gasteiger partial charge is 0.484 e. The molecule has 0 unspecified atom stereocenters. The molecule has 6 nitrogen and oxygen atoms in total. The summed E-state index contributed by atoms with van der Waals surface area (Å²) in [6.45, 7) is 1.32. The summed E-state index contributed by atoms with van der Waals surface area (Å²) in [5, 5.41) is 11.6. The van der Waals surface area contributed by atoms with Crippen LogP contribution in [0, 0.1) is 11.3 Å². The van der Waals surface area contributed by atoms with Gasteiger partial charge in [-0.25, -0.2) is 4.98 Å². The molecule has 126 valence electrons. The van der Waals surface area contributed by atoms with E-state index in [4.69, 9.17) is 10.00 Å². The van der Waals surface area contributed by atoms with Crippen molar-refractivity contribution in [2.75, 3.05) is 13.2 Å². The van der Waals surface area contributed by atoms with Crippen LogP contribution >= 0.6 is 0 Å². The number of hydrogen-bond acceptors (Lipinski definition) is 4. The molecule has 1 heterocycles. The monoisotopic (exact) mass is 334 g/mol. The Labute approximate surface area is 145 Å². The molecule has 0 aliphatic carbocycles. The van der Waals surface area contributed by atoms with Crippen molar-refractivity contribution in [3.8, 4) is 11.8 Å². The number of aryl methyl sites for hydroxylation is 1. The van der Waals surface area contributed by atoms with E-state index in [1.165, 1.54) is 0 Å². The second kappa shape index (κ2) is 7.97. The summed E-state index contributed by atoms with van der Waals surface area (Å²) in [6, 6.07) is 16.7. The first-order valence-electron chi connectivity index (χ1n) is 8.06. The molecule has 0 radical (unpaired) electrons. The Morgan fingerprint density at radius 1 is 1.20 bits per heavy atom. The van der Waals surface area contributed by atoms with Gasteiger partial charge in [0.05, 0.1) is 29.0 Å². The Kier molecular flexibility index (Phi) is 5.27. The molecule has 6 heteroatoms. The van der Waals surface area contributed by atoms with Crippen LogP contribution in [0.2, 0.25) is 0 Å². The minimum Gasteiger partial charge on any atom is -0.484 e. The Morgan fingerprint density at radius 2 is 2.00 bits per heavy atom. The normalized spacial score (nSPS) is 10.4. The number of amides is 1. The Bertz CT molecular complexity index is 894. The van der Waals surface area contributed by atoms with E-state index in [0.29, 0.717) is 17.9 Å². The third kappa shape index (κ3) is 4.36. The van der Waals surface area contributed by atoms with Gasteiger partial charge >= 0.3 is 0 Å². The van der Waals surface area contributed by atoms with Gasteiger partial charge in [0, 0.05) is 13.1 Å². The molecule has 25 heavy (non-hydrogen) atoms. The number of carbonyl (C=O) groups is 1. The smallest absolute Gasteiger partial charge is 0.257 e. The molecule has 1 N–H and O–H groups in total. The second-order valence-corrected chi connectivity index (χ2v) is 5.56. The maximum Gasteiger partial charge on any atom is 0.257 e. The maximum atomic E-state index is 11.8. The van der Waals surface area contributed by atoms with Gasteiger partial charge in [0.2, 0.25) is 0 Å². The Hall–Kier alpha value is -3.33. The number of imidazole rings is 1. The van der Waals surface area contributed by atoms with Gasteiger partial charge in [-0.05, 0) is 42.8 Å². The van der Waals surface area contributed by atoms with Crippen molar-refractivity contribution in [3.63, 3.8) is 0 Å². The van der Waals surface area contributed by atoms with Gasteiger partial charge < -0.3 is 14.6 Å². The van der Waals surface area contributed by atoms with Crippen molar-refractivity contribution in [2.45, 2.75) is 13.0 Å². The van der Waals surface area contributed by atoms with E-state index in [2.05, 4.69) is 14.9 Å². The lowest BCUT2D eigenvalue weighted by atomic mass is 10.2. The van der Waals surface area contributed by atoms with E-state index >= 15 is 0 Å². The molecule has 0 saturated heterocycles. The lowest BCUT2D eigenvalue weighted by molar-refractivity contribution is -0.123. The first kappa shape index (κ1) is 16.5. The van der Waals surface area contributed by atoms with E-state index in [0.717, 1.165) is 24.0 Å². The fraction of sp³-hybridized carbons (Fsp3) is 0.211. The third-order valence-electron chi connectivity index (χ3n) is 3.78. The summed E-state index contributed by atoms with van der Waals surface area (Å²) in [5.74, 6) is 0.402. The van der Waals surface area contributed by atoms with Crippen molar-refractivity contribution >= 4 is 16.9 Å². The van der Waals surface area contributed by atoms with Gasteiger partial charge in [0.25, 0.3) is 5.91 Å². The molecule has 3 rings (SSSR count). The summed E-state index contributed by atoms with van der Waals surface area (Å²) in [7, 11) is 0. The highest BCUT2D eigenvalue weighted by atomic mass is 16.5. The lowest BCUT2D eigenvalue weighted by Gasteiger charge is -2.08. The Morgan fingerprint density at radius 3 is 2.80 bits per heavy atom. The molecule has 0 aliphatic heterocycles. The van der Waals surface area contributed by atoms with Crippen LogP contribution in [0.1, 0.15) is 12.0 Å². The van der Waals surface area contributed by atoms with Crippen LogP contribution in [0.4, 0.5) is 0 Å². The van der Waals surface area contributed by atoms with Crippen LogP contribution in [0.25, 0.3) is 11.0 Å². The van der Waals surface area contributed by atoms with Crippen LogP contribution < -0.4 is 10.1 Å².